The molecular formula is C10H9Cl2N3O2. The molecule has 7 heteroatoms. The maximum absolute atomic E-state index is 10.8. The average Bonchev–Trinajstić information content (AvgIpc) is 2.75. The molecule has 1 aliphatic rings. The third-order valence-electron chi connectivity index (χ3n) is 2.20. The highest BCUT2D eigenvalue weighted by atomic mass is 35.5. The third kappa shape index (κ3) is 2.62. The van der Waals surface area contributed by atoms with Gasteiger partial charge in [-0.15, -0.1) is 0 Å². The van der Waals surface area contributed by atoms with E-state index in [9.17, 15) is 4.79 Å². The van der Waals surface area contributed by atoms with Gasteiger partial charge >= 0.3 is 5.97 Å². The van der Waals surface area contributed by atoms with E-state index < -0.39 is 5.97 Å². The Balaban J connectivity index is 2.41. The molecule has 1 heterocycles. The normalized spacial score (nSPS) is 14.1. The van der Waals surface area contributed by atoms with E-state index in [4.69, 9.17) is 28.3 Å². The fourth-order valence-corrected chi connectivity index (χ4v) is 1.98. The van der Waals surface area contributed by atoms with Crippen LogP contribution in [0.2, 0.25) is 10.0 Å². The molecule has 0 spiro atoms. The molecule has 0 aliphatic carbocycles. The van der Waals surface area contributed by atoms with Gasteiger partial charge in [-0.25, -0.2) is 9.79 Å². The van der Waals surface area contributed by atoms with Crippen molar-refractivity contribution in [2.45, 2.75) is 0 Å². The number of nitrogens with zero attached hydrogens (tertiary/aromatic N) is 1. The molecule has 1 aromatic carbocycles. The number of hydrogen-bond acceptors (Lipinski definition) is 2. The van der Waals surface area contributed by atoms with Crippen LogP contribution in [0.15, 0.2) is 17.1 Å². The van der Waals surface area contributed by atoms with Gasteiger partial charge in [0.1, 0.15) is 5.69 Å². The summed E-state index contributed by atoms with van der Waals surface area (Å²) >= 11 is 11.9. The Bertz CT molecular complexity index is 471. The summed E-state index contributed by atoms with van der Waals surface area (Å²) in [5, 5.41) is 15.2. The van der Waals surface area contributed by atoms with E-state index in [1.165, 1.54) is 12.1 Å². The minimum absolute atomic E-state index is 0.0382. The number of guanidine groups is 1. The summed E-state index contributed by atoms with van der Waals surface area (Å²) in [4.78, 5) is 15.0. The van der Waals surface area contributed by atoms with Crippen LogP contribution in [0, 0.1) is 0 Å². The van der Waals surface area contributed by atoms with Gasteiger partial charge in [-0.1, -0.05) is 23.2 Å². The van der Waals surface area contributed by atoms with Gasteiger partial charge in [-0.2, -0.15) is 0 Å². The quantitative estimate of drug-likeness (QED) is 0.769. The van der Waals surface area contributed by atoms with Gasteiger partial charge in [-0.3, -0.25) is 0 Å². The highest BCUT2D eigenvalue weighted by Crippen LogP contribution is 2.34. The van der Waals surface area contributed by atoms with Crippen molar-refractivity contribution in [3.63, 3.8) is 0 Å². The highest BCUT2D eigenvalue weighted by Gasteiger charge is 2.13. The summed E-state index contributed by atoms with van der Waals surface area (Å²) < 4.78 is 0. The van der Waals surface area contributed by atoms with Crippen LogP contribution in [0.5, 0.6) is 0 Å². The fourth-order valence-electron chi connectivity index (χ4n) is 1.41. The topological polar surface area (TPSA) is 73.7 Å². The van der Waals surface area contributed by atoms with Crippen molar-refractivity contribution >= 4 is 40.8 Å². The van der Waals surface area contributed by atoms with Gasteiger partial charge in [0.15, 0.2) is 5.96 Å². The fraction of sp³-hybridized carbons (Fsp3) is 0.200. The second-order valence-corrected chi connectivity index (χ2v) is 4.22. The number of carbonyl (C=O) groups is 1. The van der Waals surface area contributed by atoms with Crippen molar-refractivity contribution in [2.24, 2.45) is 4.99 Å². The summed E-state index contributed by atoms with van der Waals surface area (Å²) in [5.74, 6) is -0.498. The molecule has 0 aromatic heterocycles. The van der Waals surface area contributed by atoms with E-state index in [1.54, 1.807) is 0 Å². The molecule has 0 radical (unpaired) electrons. The maximum Gasteiger partial charge on any atom is 0.335 e. The van der Waals surface area contributed by atoms with E-state index in [-0.39, 0.29) is 15.6 Å². The van der Waals surface area contributed by atoms with Gasteiger partial charge in [0.05, 0.1) is 15.6 Å². The summed E-state index contributed by atoms with van der Waals surface area (Å²) in [5.41, 5.74) is 0.395. The van der Waals surface area contributed by atoms with Crippen molar-refractivity contribution in [1.29, 1.82) is 0 Å². The van der Waals surface area contributed by atoms with Crippen LogP contribution in [0.4, 0.5) is 5.69 Å². The van der Waals surface area contributed by atoms with Crippen molar-refractivity contribution < 1.29 is 9.90 Å². The van der Waals surface area contributed by atoms with Crippen molar-refractivity contribution in [1.82, 2.24) is 10.6 Å². The molecule has 1 aliphatic heterocycles. The second-order valence-electron chi connectivity index (χ2n) is 3.41. The zero-order valence-corrected chi connectivity index (χ0v) is 10.1. The lowest BCUT2D eigenvalue weighted by Crippen LogP contribution is -2.23. The second kappa shape index (κ2) is 4.81. The van der Waals surface area contributed by atoms with Crippen molar-refractivity contribution in [2.75, 3.05) is 13.1 Å². The Morgan fingerprint density at radius 1 is 1.24 bits per heavy atom. The van der Waals surface area contributed by atoms with Crippen molar-refractivity contribution in [3.8, 4) is 0 Å². The number of carboxylic acid groups (broad SMARTS) is 1. The van der Waals surface area contributed by atoms with Crippen LogP contribution >= 0.6 is 23.2 Å². The Hall–Kier alpha value is -1.46. The summed E-state index contributed by atoms with van der Waals surface area (Å²) in [6, 6.07) is 2.65. The maximum atomic E-state index is 10.8. The molecule has 0 bridgehead atoms. The SMILES string of the molecule is O=C(O)c1cc(Cl)c(N=C2NCCN2)c(Cl)c1. The van der Waals surface area contributed by atoms with Crippen LogP contribution in [-0.2, 0) is 0 Å². The van der Waals surface area contributed by atoms with Gasteiger partial charge in [0.25, 0.3) is 0 Å². The standard InChI is InChI=1S/C10H9Cl2N3O2/c11-6-3-5(9(16)17)4-7(12)8(6)15-10-13-1-2-14-10/h3-4H,1-2H2,(H,16,17)(H2,13,14,15). The number of halogens is 2. The predicted octanol–water partition coefficient (Wildman–Crippen LogP) is 1.87. The van der Waals surface area contributed by atoms with E-state index >= 15 is 0 Å². The molecule has 1 aromatic rings. The molecular weight excluding hydrogens is 265 g/mol. The summed E-state index contributed by atoms with van der Waals surface area (Å²) in [6.07, 6.45) is 0. The first-order valence-corrected chi connectivity index (χ1v) is 5.62. The van der Waals surface area contributed by atoms with Crippen LogP contribution in [0.3, 0.4) is 0 Å². The Morgan fingerprint density at radius 2 is 1.76 bits per heavy atom. The van der Waals surface area contributed by atoms with Gasteiger partial charge in [0.2, 0.25) is 0 Å². The molecule has 90 valence electrons. The molecule has 0 saturated carbocycles. The Morgan fingerprint density at radius 3 is 2.24 bits per heavy atom. The van der Waals surface area contributed by atoms with Crippen LogP contribution in [0.1, 0.15) is 10.4 Å². The molecule has 0 amide bonds. The lowest BCUT2D eigenvalue weighted by molar-refractivity contribution is 0.0697. The zero-order chi connectivity index (χ0) is 12.4. The Labute approximate surface area is 107 Å². The van der Waals surface area contributed by atoms with Gasteiger partial charge in [-0.05, 0) is 12.1 Å². The van der Waals surface area contributed by atoms with E-state index in [0.29, 0.717) is 11.6 Å². The van der Waals surface area contributed by atoms with Gasteiger partial charge in [0, 0.05) is 13.1 Å². The molecule has 5 nitrogen and oxygen atoms in total. The van der Waals surface area contributed by atoms with Gasteiger partial charge < -0.3 is 15.7 Å². The van der Waals surface area contributed by atoms with E-state index in [2.05, 4.69) is 15.6 Å². The molecule has 3 N–H and O–H groups in total. The number of nitrogens with one attached hydrogen (secondary N) is 2. The molecule has 2 rings (SSSR count). The number of hydrogen-bond donors (Lipinski definition) is 3. The molecule has 17 heavy (non-hydrogen) atoms. The summed E-state index contributed by atoms with van der Waals surface area (Å²) in [7, 11) is 0. The first-order valence-electron chi connectivity index (χ1n) is 4.86. The average molecular weight is 274 g/mol. The predicted molar refractivity (Wildman–Crippen MR) is 66.5 cm³/mol. The van der Waals surface area contributed by atoms with E-state index in [1.807, 2.05) is 0 Å². The number of carboxylic acids is 1. The lowest BCUT2D eigenvalue weighted by Gasteiger charge is -2.05. The molecule has 0 atom stereocenters. The molecule has 1 saturated heterocycles. The number of rotatable bonds is 2. The first-order chi connectivity index (χ1) is 8.08. The first kappa shape index (κ1) is 12.0. The number of aliphatic imine (C=N–C) groups is 1. The monoisotopic (exact) mass is 273 g/mol. The number of benzene rings is 1. The van der Waals surface area contributed by atoms with Crippen LogP contribution in [-0.4, -0.2) is 30.1 Å². The smallest absolute Gasteiger partial charge is 0.335 e. The van der Waals surface area contributed by atoms with E-state index in [0.717, 1.165) is 13.1 Å². The van der Waals surface area contributed by atoms with Crippen molar-refractivity contribution in [3.05, 3.63) is 27.7 Å². The van der Waals surface area contributed by atoms with Crippen LogP contribution < -0.4 is 10.6 Å². The Kier molecular flexibility index (Phi) is 3.40. The third-order valence-corrected chi connectivity index (χ3v) is 2.77. The minimum atomic E-state index is -1.08. The van der Waals surface area contributed by atoms with Crippen LogP contribution in [0.25, 0.3) is 0 Å². The largest absolute Gasteiger partial charge is 0.478 e. The molecule has 0 unspecified atom stereocenters. The molecule has 1 fully saturated rings. The minimum Gasteiger partial charge on any atom is -0.478 e. The zero-order valence-electron chi connectivity index (χ0n) is 8.63. The summed E-state index contributed by atoms with van der Waals surface area (Å²) in [6.45, 7) is 1.56. The lowest BCUT2D eigenvalue weighted by atomic mass is 10.2. The highest BCUT2D eigenvalue weighted by molar-refractivity contribution is 6.39. The number of aromatic carboxylic acids is 1.